The highest BCUT2D eigenvalue weighted by molar-refractivity contribution is 14.1. The predicted molar refractivity (Wildman–Crippen MR) is 91.6 cm³/mol. The van der Waals surface area contributed by atoms with Crippen LogP contribution in [-0.4, -0.2) is 11.9 Å². The van der Waals surface area contributed by atoms with Crippen LogP contribution in [0.2, 0.25) is 0 Å². The van der Waals surface area contributed by atoms with Crippen molar-refractivity contribution >= 4 is 34.2 Å². The van der Waals surface area contributed by atoms with Gasteiger partial charge in [0.2, 0.25) is 0 Å². The SMILES string of the molecule is Cc1cc(I)ccc1N/C=C(/C#N)C(=O)NC1CCCC1. The van der Waals surface area contributed by atoms with E-state index in [1.54, 1.807) is 0 Å². The van der Waals surface area contributed by atoms with E-state index in [1.807, 2.05) is 31.2 Å². The van der Waals surface area contributed by atoms with Crippen LogP contribution in [0.1, 0.15) is 31.2 Å². The van der Waals surface area contributed by atoms with Crippen LogP contribution in [0.3, 0.4) is 0 Å². The van der Waals surface area contributed by atoms with Gasteiger partial charge in [0.25, 0.3) is 5.91 Å². The van der Waals surface area contributed by atoms with Gasteiger partial charge in [-0.2, -0.15) is 5.26 Å². The molecule has 1 amide bonds. The number of anilines is 1. The minimum atomic E-state index is -0.292. The Morgan fingerprint density at radius 3 is 2.76 bits per heavy atom. The van der Waals surface area contributed by atoms with E-state index in [9.17, 15) is 4.79 Å². The molecule has 0 saturated heterocycles. The van der Waals surface area contributed by atoms with Crippen LogP contribution in [0.4, 0.5) is 5.69 Å². The molecule has 1 aliphatic rings. The molecule has 0 unspecified atom stereocenters. The second-order valence-electron chi connectivity index (χ2n) is 5.23. The fraction of sp³-hybridized carbons (Fsp3) is 0.375. The molecule has 1 saturated carbocycles. The normalized spacial score (nSPS) is 15.6. The van der Waals surface area contributed by atoms with E-state index in [0.717, 1.165) is 40.5 Å². The van der Waals surface area contributed by atoms with Crippen molar-refractivity contribution in [2.45, 2.75) is 38.6 Å². The molecule has 0 spiro atoms. The number of carbonyl (C=O) groups excluding carboxylic acids is 1. The zero-order valence-corrected chi connectivity index (χ0v) is 14.1. The van der Waals surface area contributed by atoms with Crippen molar-refractivity contribution in [2.75, 3.05) is 5.32 Å². The Labute approximate surface area is 138 Å². The third kappa shape index (κ3) is 4.46. The molecule has 0 radical (unpaired) electrons. The molecular formula is C16H18IN3O. The Morgan fingerprint density at radius 2 is 2.14 bits per heavy atom. The largest absolute Gasteiger partial charge is 0.360 e. The summed E-state index contributed by atoms with van der Waals surface area (Å²) in [6, 6.07) is 8.14. The molecule has 4 nitrogen and oxygen atoms in total. The van der Waals surface area contributed by atoms with Gasteiger partial charge in [0, 0.05) is 21.5 Å². The first-order valence-electron chi connectivity index (χ1n) is 7.04. The smallest absolute Gasteiger partial charge is 0.263 e. The van der Waals surface area contributed by atoms with Crippen molar-refractivity contribution in [3.05, 3.63) is 39.1 Å². The lowest BCUT2D eigenvalue weighted by Crippen LogP contribution is -2.33. The summed E-state index contributed by atoms with van der Waals surface area (Å²) < 4.78 is 1.15. The third-order valence-electron chi connectivity index (χ3n) is 3.62. The number of hydrogen-bond acceptors (Lipinski definition) is 3. The van der Waals surface area contributed by atoms with E-state index < -0.39 is 0 Å². The summed E-state index contributed by atoms with van der Waals surface area (Å²) in [5.74, 6) is -0.292. The summed E-state index contributed by atoms with van der Waals surface area (Å²) >= 11 is 2.25. The monoisotopic (exact) mass is 395 g/mol. The number of halogens is 1. The molecule has 0 bridgehead atoms. The first-order chi connectivity index (χ1) is 10.1. The molecule has 0 aromatic heterocycles. The van der Waals surface area contributed by atoms with E-state index in [4.69, 9.17) is 5.26 Å². The van der Waals surface area contributed by atoms with Crippen molar-refractivity contribution in [1.29, 1.82) is 5.26 Å². The van der Waals surface area contributed by atoms with Crippen molar-refractivity contribution in [3.63, 3.8) is 0 Å². The molecular weight excluding hydrogens is 377 g/mol. The maximum atomic E-state index is 12.0. The number of nitrogens with one attached hydrogen (secondary N) is 2. The average molecular weight is 395 g/mol. The molecule has 1 aromatic carbocycles. The quantitative estimate of drug-likeness (QED) is 0.466. The molecule has 2 N–H and O–H groups in total. The summed E-state index contributed by atoms with van der Waals surface area (Å²) in [7, 11) is 0. The number of rotatable bonds is 4. The van der Waals surface area contributed by atoms with Crippen molar-refractivity contribution in [2.24, 2.45) is 0 Å². The maximum absolute atomic E-state index is 12.0. The highest BCUT2D eigenvalue weighted by Crippen LogP contribution is 2.19. The first kappa shape index (κ1) is 15.8. The van der Waals surface area contributed by atoms with Crippen molar-refractivity contribution in [1.82, 2.24) is 5.32 Å². The fourth-order valence-corrected chi connectivity index (χ4v) is 3.07. The Hall–Kier alpha value is -1.55. The number of aryl methyl sites for hydroxylation is 1. The zero-order chi connectivity index (χ0) is 15.2. The topological polar surface area (TPSA) is 64.9 Å². The predicted octanol–water partition coefficient (Wildman–Crippen LogP) is 3.48. The summed E-state index contributed by atoms with van der Waals surface area (Å²) in [6.07, 6.45) is 5.80. The van der Waals surface area contributed by atoms with Crippen LogP contribution in [0.5, 0.6) is 0 Å². The second-order valence-corrected chi connectivity index (χ2v) is 6.47. The Kier molecular flexibility index (Phi) is 5.62. The molecule has 1 aromatic rings. The van der Waals surface area contributed by atoms with Gasteiger partial charge in [-0.05, 0) is 66.1 Å². The van der Waals surface area contributed by atoms with Crippen LogP contribution in [0.15, 0.2) is 30.0 Å². The minimum Gasteiger partial charge on any atom is -0.360 e. The van der Waals surface area contributed by atoms with E-state index >= 15 is 0 Å². The summed E-state index contributed by atoms with van der Waals surface area (Å²) in [6.45, 7) is 1.99. The maximum Gasteiger partial charge on any atom is 0.263 e. The zero-order valence-electron chi connectivity index (χ0n) is 11.9. The molecule has 1 fully saturated rings. The van der Waals surface area contributed by atoms with E-state index in [2.05, 4.69) is 33.2 Å². The van der Waals surface area contributed by atoms with Crippen molar-refractivity contribution < 1.29 is 4.79 Å². The van der Waals surface area contributed by atoms with E-state index in [-0.39, 0.29) is 17.5 Å². The molecule has 110 valence electrons. The molecule has 0 aliphatic heterocycles. The molecule has 21 heavy (non-hydrogen) atoms. The van der Waals surface area contributed by atoms with E-state index in [0.29, 0.717) is 0 Å². The lowest BCUT2D eigenvalue weighted by Gasteiger charge is -2.11. The number of benzene rings is 1. The second kappa shape index (κ2) is 7.46. The summed E-state index contributed by atoms with van der Waals surface area (Å²) in [5, 5.41) is 15.1. The molecule has 5 heteroatoms. The van der Waals surface area contributed by atoms with Gasteiger partial charge < -0.3 is 10.6 Å². The van der Waals surface area contributed by atoms with Gasteiger partial charge >= 0.3 is 0 Å². The van der Waals surface area contributed by atoms with E-state index in [1.165, 1.54) is 6.20 Å². The Balaban J connectivity index is 2.02. The minimum absolute atomic E-state index is 0.111. The summed E-state index contributed by atoms with van der Waals surface area (Å²) in [4.78, 5) is 12.0. The number of carbonyl (C=O) groups is 1. The molecule has 1 aliphatic carbocycles. The van der Waals surface area contributed by atoms with Crippen LogP contribution >= 0.6 is 22.6 Å². The molecule has 0 atom stereocenters. The lowest BCUT2D eigenvalue weighted by atomic mass is 10.2. The van der Waals surface area contributed by atoms with Crippen LogP contribution in [0.25, 0.3) is 0 Å². The van der Waals surface area contributed by atoms with Gasteiger partial charge in [-0.1, -0.05) is 12.8 Å². The van der Waals surface area contributed by atoms with Crippen LogP contribution in [-0.2, 0) is 4.79 Å². The Bertz CT molecular complexity index is 598. The van der Waals surface area contributed by atoms with Gasteiger partial charge in [-0.25, -0.2) is 0 Å². The van der Waals surface area contributed by atoms with Gasteiger partial charge in [-0.3, -0.25) is 4.79 Å². The average Bonchev–Trinajstić information content (AvgIpc) is 2.94. The van der Waals surface area contributed by atoms with Gasteiger partial charge in [0.05, 0.1) is 0 Å². The number of hydrogen-bond donors (Lipinski definition) is 2. The molecule has 2 rings (SSSR count). The fourth-order valence-electron chi connectivity index (χ4n) is 2.42. The number of nitriles is 1. The van der Waals surface area contributed by atoms with Gasteiger partial charge in [-0.15, -0.1) is 0 Å². The highest BCUT2D eigenvalue weighted by Gasteiger charge is 2.19. The summed E-state index contributed by atoms with van der Waals surface area (Å²) in [5.41, 5.74) is 2.09. The van der Waals surface area contributed by atoms with Crippen molar-refractivity contribution in [3.8, 4) is 6.07 Å². The number of nitrogens with zero attached hydrogens (tertiary/aromatic N) is 1. The van der Waals surface area contributed by atoms with Crippen LogP contribution in [0, 0.1) is 21.8 Å². The standard InChI is InChI=1S/C16H18IN3O/c1-11-8-13(17)6-7-15(11)19-10-12(9-18)16(21)20-14-4-2-3-5-14/h6-8,10,14,19H,2-5H2,1H3,(H,20,21)/b12-10-. The number of amides is 1. The first-order valence-corrected chi connectivity index (χ1v) is 8.12. The highest BCUT2D eigenvalue weighted by atomic mass is 127. The Morgan fingerprint density at radius 1 is 1.43 bits per heavy atom. The van der Waals surface area contributed by atoms with Crippen LogP contribution < -0.4 is 10.6 Å². The van der Waals surface area contributed by atoms with Gasteiger partial charge in [0.1, 0.15) is 11.6 Å². The lowest BCUT2D eigenvalue weighted by molar-refractivity contribution is -0.117. The van der Waals surface area contributed by atoms with Gasteiger partial charge in [0.15, 0.2) is 0 Å². The third-order valence-corrected chi connectivity index (χ3v) is 4.29. The molecule has 0 heterocycles.